The van der Waals surface area contributed by atoms with Gasteiger partial charge in [-0.2, -0.15) is 0 Å². The van der Waals surface area contributed by atoms with Gasteiger partial charge in [0.05, 0.1) is 0 Å². The van der Waals surface area contributed by atoms with E-state index in [4.69, 9.17) is 15.0 Å². The number of carboxylic acid groups (broad SMARTS) is 2. The van der Waals surface area contributed by atoms with E-state index in [0.717, 1.165) is 0 Å². The Balaban J connectivity index is -0.00000000125. The maximum Gasteiger partial charge on any atom is 2.00 e. The zero-order valence-electron chi connectivity index (χ0n) is 8.68. The van der Waals surface area contributed by atoms with Gasteiger partial charge in [0.25, 0.3) is 0 Å². The molecule has 0 aromatic carbocycles. The SMILES string of the molecule is O=C(O)O.[Ca+2].[Cl-].[Cl-].[H-].[H-].[H-].[H-].[Mg+2].[Mg+2]. The second-order valence-electron chi connectivity index (χ2n) is 0.283. The maximum absolute atomic E-state index is 8.56. The minimum Gasteiger partial charge on any atom is -1.00 e. The molecule has 0 atom stereocenters. The van der Waals surface area contributed by atoms with Crippen LogP contribution < -0.4 is 24.8 Å². The zero-order valence-corrected chi connectivity index (χ0v) is 11.2. The summed E-state index contributed by atoms with van der Waals surface area (Å²) in [7, 11) is 0. The third kappa shape index (κ3) is 114. The smallest absolute Gasteiger partial charge is 1.00 e. The Morgan fingerprint density at radius 3 is 1.11 bits per heavy atom. The van der Waals surface area contributed by atoms with Crippen LogP contribution in [0.15, 0.2) is 0 Å². The molecule has 3 nitrogen and oxygen atoms in total. The van der Waals surface area contributed by atoms with Gasteiger partial charge < -0.3 is 40.7 Å². The Morgan fingerprint density at radius 1 is 1.11 bits per heavy atom. The fourth-order valence-electron chi connectivity index (χ4n) is 0. The topological polar surface area (TPSA) is 57.5 Å². The van der Waals surface area contributed by atoms with Gasteiger partial charge in [-0.15, -0.1) is 0 Å². The number of rotatable bonds is 0. The Labute approximate surface area is 133 Å². The molecule has 0 bridgehead atoms. The molecule has 48 valence electrons. The molecule has 0 rings (SSSR count). The van der Waals surface area contributed by atoms with Gasteiger partial charge in [0.1, 0.15) is 0 Å². The molecule has 0 unspecified atom stereocenters. The van der Waals surface area contributed by atoms with Crippen LogP contribution in [-0.2, 0) is 0 Å². The first-order valence-electron chi connectivity index (χ1n) is 0.651. The van der Waals surface area contributed by atoms with E-state index in [1.807, 2.05) is 0 Å². The van der Waals surface area contributed by atoms with Gasteiger partial charge in [0.15, 0.2) is 0 Å². The molecule has 0 aliphatic rings. The predicted molar refractivity (Wildman–Crippen MR) is 32.4 cm³/mol. The van der Waals surface area contributed by atoms with Gasteiger partial charge in [-0.05, 0) is 0 Å². The van der Waals surface area contributed by atoms with E-state index in [1.54, 1.807) is 0 Å². The molecule has 0 amide bonds. The monoisotopic (exact) mass is 224 g/mol. The van der Waals surface area contributed by atoms with Crippen molar-refractivity contribution >= 4 is 90.0 Å². The molecule has 0 aromatic heterocycles. The van der Waals surface area contributed by atoms with E-state index in [0.29, 0.717) is 0 Å². The third-order valence-electron chi connectivity index (χ3n) is 0. The van der Waals surface area contributed by atoms with Crippen LogP contribution in [0.1, 0.15) is 5.71 Å². The Morgan fingerprint density at radius 2 is 1.11 bits per heavy atom. The molecule has 0 saturated carbocycles. The Hall–Kier alpha value is 2.64. The minimum atomic E-state index is -1.83. The maximum atomic E-state index is 8.56. The molecular formula is CH6CaCl2Mg2O3. The van der Waals surface area contributed by atoms with E-state index >= 15 is 0 Å². The van der Waals surface area contributed by atoms with Crippen LogP contribution in [0.3, 0.4) is 0 Å². The van der Waals surface area contributed by atoms with E-state index < -0.39 is 6.16 Å². The molecule has 8 heteroatoms. The zero-order chi connectivity index (χ0) is 3.58. The van der Waals surface area contributed by atoms with Crippen molar-refractivity contribution in [2.75, 3.05) is 0 Å². The summed E-state index contributed by atoms with van der Waals surface area (Å²) < 4.78 is 0. The van der Waals surface area contributed by atoms with Crippen molar-refractivity contribution < 1.29 is 45.5 Å². The molecule has 0 heterocycles. The van der Waals surface area contributed by atoms with E-state index in [2.05, 4.69) is 0 Å². The largest absolute Gasteiger partial charge is 2.00 e. The fraction of sp³-hybridized carbons (Fsp3) is 0. The molecule has 9 heavy (non-hydrogen) atoms. The van der Waals surface area contributed by atoms with Gasteiger partial charge in [0, 0.05) is 0 Å². The summed E-state index contributed by atoms with van der Waals surface area (Å²) in [5.41, 5.74) is 0. The number of hydrogen-bond acceptors (Lipinski definition) is 1. The van der Waals surface area contributed by atoms with Crippen LogP contribution in [0.2, 0.25) is 0 Å². The quantitative estimate of drug-likeness (QED) is 0.403. The normalized spacial score (nSPS) is 2.67. The second kappa shape index (κ2) is 31.1. The fourth-order valence-corrected chi connectivity index (χ4v) is 0. The summed E-state index contributed by atoms with van der Waals surface area (Å²) in [6.45, 7) is 0. The van der Waals surface area contributed by atoms with Crippen molar-refractivity contribution in [2.45, 2.75) is 0 Å². The van der Waals surface area contributed by atoms with Crippen LogP contribution in [0.5, 0.6) is 0 Å². The Bertz CT molecular complexity index is 54.4. The average Bonchev–Trinajstić information content (AvgIpc) is 0.811. The van der Waals surface area contributed by atoms with Crippen molar-refractivity contribution in [1.29, 1.82) is 0 Å². The van der Waals surface area contributed by atoms with E-state index in [9.17, 15) is 0 Å². The van der Waals surface area contributed by atoms with Gasteiger partial charge in [-0.3, -0.25) is 0 Å². The van der Waals surface area contributed by atoms with Gasteiger partial charge >= 0.3 is 90.0 Å². The predicted octanol–water partition coefficient (Wildman–Crippen LogP) is -6.46. The number of hydrogen-bond donors (Lipinski definition) is 2. The summed E-state index contributed by atoms with van der Waals surface area (Å²) in [5.74, 6) is 0. The summed E-state index contributed by atoms with van der Waals surface area (Å²) in [6.07, 6.45) is -1.83. The van der Waals surface area contributed by atoms with Gasteiger partial charge in [0.2, 0.25) is 0 Å². The molecular weight excluding hydrogens is 220 g/mol. The minimum absolute atomic E-state index is 0. The van der Waals surface area contributed by atoms with Crippen molar-refractivity contribution in [3.8, 4) is 0 Å². The van der Waals surface area contributed by atoms with Gasteiger partial charge in [-0.25, -0.2) is 4.79 Å². The number of carbonyl (C=O) groups is 1. The summed E-state index contributed by atoms with van der Waals surface area (Å²) in [5, 5.41) is 13.9. The summed E-state index contributed by atoms with van der Waals surface area (Å²) >= 11 is 0. The molecule has 0 saturated heterocycles. The summed E-state index contributed by atoms with van der Waals surface area (Å²) in [4.78, 5) is 8.56. The molecule has 0 spiro atoms. The molecule has 0 fully saturated rings. The molecule has 0 aliphatic heterocycles. The average molecular weight is 226 g/mol. The van der Waals surface area contributed by atoms with Gasteiger partial charge in [-0.1, -0.05) is 0 Å². The van der Waals surface area contributed by atoms with Crippen LogP contribution in [0.25, 0.3) is 0 Å². The van der Waals surface area contributed by atoms with Crippen molar-refractivity contribution in [1.82, 2.24) is 0 Å². The van der Waals surface area contributed by atoms with Crippen LogP contribution in [-0.4, -0.2) is 100 Å². The molecule has 0 radical (unpaired) electrons. The third-order valence-corrected chi connectivity index (χ3v) is 0. The first-order valence-corrected chi connectivity index (χ1v) is 0.651. The first-order chi connectivity index (χ1) is 1.73. The second-order valence-corrected chi connectivity index (χ2v) is 0.283. The first kappa shape index (κ1) is 41.4. The molecule has 0 aromatic rings. The van der Waals surface area contributed by atoms with Crippen molar-refractivity contribution in [2.24, 2.45) is 0 Å². The van der Waals surface area contributed by atoms with Crippen LogP contribution >= 0.6 is 0 Å². The van der Waals surface area contributed by atoms with E-state index in [-0.39, 0.29) is 114 Å². The Kier molecular flexibility index (Phi) is 143. The van der Waals surface area contributed by atoms with Crippen LogP contribution in [0.4, 0.5) is 4.79 Å². The standard InChI is InChI=1S/CH2O3.Ca.2ClH.2Mg.4H/c2-1(3)4;;;;;;;;;/h(H2,2,3,4);;2*1H;;;;;;/q;+2;;;2*+2;4*-1/p-2. The molecule has 0 aliphatic carbocycles. The summed E-state index contributed by atoms with van der Waals surface area (Å²) in [6, 6.07) is 0. The van der Waals surface area contributed by atoms with Crippen LogP contribution in [0, 0.1) is 0 Å². The number of halogens is 2. The van der Waals surface area contributed by atoms with Crippen molar-refractivity contribution in [3.63, 3.8) is 0 Å². The van der Waals surface area contributed by atoms with Crippen molar-refractivity contribution in [3.05, 3.63) is 0 Å². The van der Waals surface area contributed by atoms with E-state index in [1.165, 1.54) is 0 Å². The molecule has 2 N–H and O–H groups in total.